The van der Waals surface area contributed by atoms with E-state index >= 15 is 0 Å². The predicted molar refractivity (Wildman–Crippen MR) is 48.3 cm³/mol. The molecule has 0 aromatic rings. The first-order valence-electron chi connectivity index (χ1n) is 3.77. The predicted octanol–water partition coefficient (Wildman–Crippen LogP) is 1.72. The molecule has 0 atom stereocenters. The van der Waals surface area contributed by atoms with Gasteiger partial charge in [-0.2, -0.15) is 0 Å². The van der Waals surface area contributed by atoms with E-state index in [1.54, 1.807) is 27.7 Å². The minimum Gasteiger partial charge on any atom is -0.273 e. The number of hydrogen-bond acceptors (Lipinski definition) is 2. The van der Waals surface area contributed by atoms with Crippen molar-refractivity contribution in [3.8, 4) is 0 Å². The molecule has 1 aliphatic rings. The van der Waals surface area contributed by atoms with Crippen LogP contribution in [0.25, 0.3) is 0 Å². The number of carbonyl (C=O) groups excluding carboxylic acids is 2. The summed E-state index contributed by atoms with van der Waals surface area (Å²) in [6.07, 6.45) is 0. The first-order chi connectivity index (χ1) is 5.23. The lowest BCUT2D eigenvalue weighted by atomic mass is 9.70. The molecule has 68 valence electrons. The van der Waals surface area contributed by atoms with Crippen LogP contribution in [0.15, 0.2) is 0 Å². The second kappa shape index (κ2) is 2.31. The van der Waals surface area contributed by atoms with Crippen LogP contribution in [-0.2, 0) is 9.59 Å². The minimum absolute atomic E-state index is 0.169. The van der Waals surface area contributed by atoms with Crippen molar-refractivity contribution < 1.29 is 9.59 Å². The van der Waals surface area contributed by atoms with Gasteiger partial charge in [-0.3, -0.25) is 9.59 Å². The Labute approximate surface area is 80.4 Å². The zero-order chi connectivity index (χ0) is 9.73. The van der Waals surface area contributed by atoms with Crippen LogP contribution < -0.4 is 0 Å². The lowest BCUT2D eigenvalue weighted by molar-refractivity contribution is -0.134. The quantitative estimate of drug-likeness (QED) is 0.472. The third kappa shape index (κ3) is 0.873. The molecule has 0 spiro atoms. The second-order valence-corrected chi connectivity index (χ2v) is 4.85. The molecule has 0 bridgehead atoms. The van der Waals surface area contributed by atoms with Crippen LogP contribution in [0.2, 0.25) is 0 Å². The first kappa shape index (κ1) is 9.71. The molecule has 1 rings (SSSR count). The summed E-state index contributed by atoms with van der Waals surface area (Å²) in [6.45, 7) is 7.14. The number of amides is 2. The third-order valence-corrected chi connectivity index (χ3v) is 3.63. The van der Waals surface area contributed by atoms with E-state index in [0.717, 1.165) is 3.93 Å². The standard InChI is InChI=1S/C8H12BrNO2/c1-7(2)5(11)10(9)6(12)8(7,3)4/h1-4H3. The van der Waals surface area contributed by atoms with E-state index < -0.39 is 10.8 Å². The molecule has 1 fully saturated rings. The third-order valence-electron chi connectivity index (χ3n) is 2.99. The Bertz CT molecular complexity index is 232. The maximum atomic E-state index is 11.5. The summed E-state index contributed by atoms with van der Waals surface area (Å²) in [5.41, 5.74) is -1.23. The fraction of sp³-hybridized carbons (Fsp3) is 0.750. The Kier molecular flexibility index (Phi) is 1.87. The van der Waals surface area contributed by atoms with Gasteiger partial charge in [0, 0.05) is 0 Å². The SMILES string of the molecule is CC1(C)C(=O)N(Br)C(=O)C1(C)C. The summed E-state index contributed by atoms with van der Waals surface area (Å²) in [7, 11) is 0. The van der Waals surface area contributed by atoms with Gasteiger partial charge in [-0.15, -0.1) is 0 Å². The maximum absolute atomic E-state index is 11.5. The average Bonchev–Trinajstić information content (AvgIpc) is 2.05. The van der Waals surface area contributed by atoms with Gasteiger partial charge in [0.2, 0.25) is 11.8 Å². The molecule has 1 heterocycles. The van der Waals surface area contributed by atoms with Crippen molar-refractivity contribution in [1.29, 1.82) is 0 Å². The van der Waals surface area contributed by atoms with Crippen molar-refractivity contribution in [1.82, 2.24) is 3.93 Å². The van der Waals surface area contributed by atoms with Gasteiger partial charge in [0.25, 0.3) is 0 Å². The molecule has 1 aliphatic heterocycles. The van der Waals surface area contributed by atoms with Crippen LogP contribution in [0.3, 0.4) is 0 Å². The summed E-state index contributed by atoms with van der Waals surface area (Å²) in [5, 5.41) is 0. The highest BCUT2D eigenvalue weighted by Crippen LogP contribution is 2.48. The Morgan fingerprint density at radius 3 is 1.33 bits per heavy atom. The Hall–Kier alpha value is -0.380. The highest BCUT2D eigenvalue weighted by Gasteiger charge is 2.58. The van der Waals surface area contributed by atoms with Crippen molar-refractivity contribution in [2.75, 3.05) is 0 Å². The second-order valence-electron chi connectivity index (χ2n) is 4.14. The topological polar surface area (TPSA) is 37.4 Å². The molecule has 3 nitrogen and oxygen atoms in total. The van der Waals surface area contributed by atoms with Gasteiger partial charge in [-0.25, -0.2) is 3.93 Å². The van der Waals surface area contributed by atoms with Gasteiger partial charge in [0.15, 0.2) is 0 Å². The van der Waals surface area contributed by atoms with Crippen molar-refractivity contribution in [3.63, 3.8) is 0 Å². The Morgan fingerprint density at radius 2 is 1.25 bits per heavy atom. The molecular formula is C8H12BrNO2. The number of rotatable bonds is 0. The van der Waals surface area contributed by atoms with Crippen LogP contribution in [-0.4, -0.2) is 15.7 Å². The van der Waals surface area contributed by atoms with Crippen molar-refractivity contribution in [2.45, 2.75) is 27.7 Å². The van der Waals surface area contributed by atoms with Crippen LogP contribution in [0.5, 0.6) is 0 Å². The summed E-state index contributed by atoms with van der Waals surface area (Å²) < 4.78 is 1.03. The molecule has 0 saturated carbocycles. The molecule has 0 unspecified atom stereocenters. The van der Waals surface area contributed by atoms with E-state index in [1.807, 2.05) is 0 Å². The minimum atomic E-state index is -0.617. The summed E-state index contributed by atoms with van der Waals surface area (Å²) >= 11 is 2.95. The molecule has 1 saturated heterocycles. The summed E-state index contributed by atoms with van der Waals surface area (Å²) in [4.78, 5) is 23.0. The monoisotopic (exact) mass is 233 g/mol. The highest BCUT2D eigenvalue weighted by molar-refractivity contribution is 9.08. The molecule has 0 N–H and O–H groups in total. The maximum Gasteiger partial charge on any atom is 0.246 e. The fourth-order valence-electron chi connectivity index (χ4n) is 1.12. The lowest BCUT2D eigenvalue weighted by Crippen LogP contribution is -2.35. The smallest absolute Gasteiger partial charge is 0.246 e. The van der Waals surface area contributed by atoms with E-state index in [9.17, 15) is 9.59 Å². The number of hydrogen-bond donors (Lipinski definition) is 0. The lowest BCUT2D eigenvalue weighted by Gasteiger charge is -2.28. The molecule has 12 heavy (non-hydrogen) atoms. The van der Waals surface area contributed by atoms with Gasteiger partial charge in [0.05, 0.1) is 27.0 Å². The van der Waals surface area contributed by atoms with Crippen LogP contribution >= 0.6 is 16.1 Å². The van der Waals surface area contributed by atoms with E-state index in [4.69, 9.17) is 0 Å². The van der Waals surface area contributed by atoms with Gasteiger partial charge in [0.1, 0.15) is 0 Å². The van der Waals surface area contributed by atoms with Crippen LogP contribution in [0.4, 0.5) is 0 Å². The van der Waals surface area contributed by atoms with E-state index in [0.29, 0.717) is 0 Å². The zero-order valence-corrected chi connectivity index (χ0v) is 9.23. The van der Waals surface area contributed by atoms with Gasteiger partial charge >= 0.3 is 0 Å². The zero-order valence-electron chi connectivity index (χ0n) is 7.64. The van der Waals surface area contributed by atoms with E-state index in [2.05, 4.69) is 16.1 Å². The molecular weight excluding hydrogens is 222 g/mol. The van der Waals surface area contributed by atoms with E-state index in [1.165, 1.54) is 0 Å². The summed E-state index contributed by atoms with van der Waals surface area (Å²) in [6, 6.07) is 0. The van der Waals surface area contributed by atoms with Crippen LogP contribution in [0, 0.1) is 10.8 Å². The molecule has 2 amide bonds. The molecule has 0 aliphatic carbocycles. The first-order valence-corrected chi connectivity index (χ1v) is 4.48. The van der Waals surface area contributed by atoms with Gasteiger partial charge in [-0.05, 0) is 27.7 Å². The van der Waals surface area contributed by atoms with Gasteiger partial charge < -0.3 is 0 Å². The molecule has 0 aromatic carbocycles. The average molecular weight is 234 g/mol. The number of nitrogens with zero attached hydrogens (tertiary/aromatic N) is 1. The molecule has 0 radical (unpaired) electrons. The normalized spacial score (nSPS) is 26.6. The number of imide groups is 1. The van der Waals surface area contributed by atoms with Crippen LogP contribution in [0.1, 0.15) is 27.7 Å². The van der Waals surface area contributed by atoms with E-state index in [-0.39, 0.29) is 11.8 Å². The molecule has 0 aromatic heterocycles. The number of halogens is 1. The van der Waals surface area contributed by atoms with Crippen molar-refractivity contribution in [3.05, 3.63) is 0 Å². The van der Waals surface area contributed by atoms with Crippen molar-refractivity contribution in [2.24, 2.45) is 10.8 Å². The fourth-order valence-corrected chi connectivity index (χ4v) is 2.00. The largest absolute Gasteiger partial charge is 0.273 e. The highest BCUT2D eigenvalue weighted by atomic mass is 79.9. The van der Waals surface area contributed by atoms with Gasteiger partial charge in [-0.1, -0.05) is 0 Å². The summed E-state index contributed by atoms with van der Waals surface area (Å²) in [5.74, 6) is -0.338. The Morgan fingerprint density at radius 1 is 1.00 bits per heavy atom. The van der Waals surface area contributed by atoms with Crippen molar-refractivity contribution >= 4 is 28.0 Å². The molecule has 4 heteroatoms. The Balaban J connectivity index is 3.24. The number of carbonyl (C=O) groups is 2.